The third-order valence-corrected chi connectivity index (χ3v) is 4.08. The summed E-state index contributed by atoms with van der Waals surface area (Å²) in [5.74, 6) is -0.811. The minimum Gasteiger partial charge on any atom is -0.496 e. The molecule has 0 aliphatic rings. The Morgan fingerprint density at radius 1 is 0.839 bits per heavy atom. The third kappa shape index (κ3) is 6.10. The normalized spacial score (nSPS) is 9.77. The van der Waals surface area contributed by atoms with E-state index >= 15 is 0 Å². The molecule has 0 bridgehead atoms. The molecule has 0 fully saturated rings. The Bertz CT molecular complexity index is 1090. The second-order valence-corrected chi connectivity index (χ2v) is 6.22. The number of amides is 2. The highest BCUT2D eigenvalue weighted by atomic mass is 19.1. The topological polar surface area (TPSA) is 143 Å². The van der Waals surface area contributed by atoms with E-state index in [4.69, 9.17) is 26.7 Å². The van der Waals surface area contributed by atoms with E-state index in [1.54, 1.807) is 36.4 Å². The maximum Gasteiger partial charge on any atom is 0.258 e. The zero-order valence-electron chi connectivity index (χ0n) is 17.0. The van der Waals surface area contributed by atoms with Crippen molar-refractivity contribution in [3.63, 3.8) is 0 Å². The lowest BCUT2D eigenvalue weighted by Gasteiger charge is -2.11. The number of primary amides is 1. The molecular formula is C22H23FN4O4. The van der Waals surface area contributed by atoms with Gasteiger partial charge in [-0.3, -0.25) is 9.59 Å². The predicted octanol–water partition coefficient (Wildman–Crippen LogP) is 3.05. The molecule has 0 spiro atoms. The summed E-state index contributed by atoms with van der Waals surface area (Å²) in [5, 5.41) is 2.59. The first-order valence-electron chi connectivity index (χ1n) is 8.99. The van der Waals surface area contributed by atoms with Crippen molar-refractivity contribution in [3.8, 4) is 11.5 Å². The lowest BCUT2D eigenvalue weighted by atomic mass is 10.2. The number of halogens is 1. The van der Waals surface area contributed by atoms with E-state index in [9.17, 15) is 14.0 Å². The Balaban J connectivity index is 0.000000245. The van der Waals surface area contributed by atoms with Crippen LogP contribution in [0.4, 0.5) is 21.5 Å². The number of ether oxygens (including phenoxy) is 2. The van der Waals surface area contributed by atoms with Crippen LogP contribution in [0.5, 0.6) is 11.5 Å². The molecule has 162 valence electrons. The van der Waals surface area contributed by atoms with Crippen molar-refractivity contribution < 1.29 is 23.5 Å². The molecule has 3 rings (SSSR count). The van der Waals surface area contributed by atoms with E-state index in [0.29, 0.717) is 34.1 Å². The summed E-state index contributed by atoms with van der Waals surface area (Å²) >= 11 is 0. The van der Waals surface area contributed by atoms with Gasteiger partial charge in [-0.2, -0.15) is 0 Å². The van der Waals surface area contributed by atoms with Crippen LogP contribution in [0.2, 0.25) is 0 Å². The fourth-order valence-electron chi connectivity index (χ4n) is 2.56. The molecule has 0 unspecified atom stereocenters. The fourth-order valence-corrected chi connectivity index (χ4v) is 2.56. The summed E-state index contributed by atoms with van der Waals surface area (Å²) in [4.78, 5) is 22.7. The van der Waals surface area contributed by atoms with Crippen LogP contribution in [0.15, 0.2) is 60.7 Å². The van der Waals surface area contributed by atoms with Crippen LogP contribution in [-0.4, -0.2) is 26.0 Å². The number of rotatable bonds is 5. The first-order chi connectivity index (χ1) is 14.8. The SMILES string of the molecule is COc1cc(N)ccc1C(N)=O.COc1cc(N)ccc1NC(=O)c1ccccc1F. The van der Waals surface area contributed by atoms with Crippen LogP contribution in [0.3, 0.4) is 0 Å². The Kier molecular flexibility index (Phi) is 7.79. The van der Waals surface area contributed by atoms with Gasteiger partial charge in [0, 0.05) is 23.5 Å². The molecule has 0 radical (unpaired) electrons. The monoisotopic (exact) mass is 426 g/mol. The maximum absolute atomic E-state index is 13.5. The minimum atomic E-state index is -0.575. The molecule has 2 amide bonds. The number of nitrogens with one attached hydrogen (secondary N) is 1. The fraction of sp³-hybridized carbons (Fsp3) is 0.0909. The van der Waals surface area contributed by atoms with Gasteiger partial charge in [-0.1, -0.05) is 12.1 Å². The molecule has 8 nitrogen and oxygen atoms in total. The van der Waals surface area contributed by atoms with Crippen molar-refractivity contribution in [2.45, 2.75) is 0 Å². The highest BCUT2D eigenvalue weighted by Crippen LogP contribution is 2.27. The smallest absolute Gasteiger partial charge is 0.258 e. The zero-order valence-corrected chi connectivity index (χ0v) is 17.0. The summed E-state index contributed by atoms with van der Waals surface area (Å²) < 4.78 is 23.5. The number of hydrogen-bond acceptors (Lipinski definition) is 6. The quantitative estimate of drug-likeness (QED) is 0.462. The van der Waals surface area contributed by atoms with Crippen molar-refractivity contribution in [1.82, 2.24) is 0 Å². The van der Waals surface area contributed by atoms with E-state index in [1.165, 1.54) is 38.5 Å². The second-order valence-electron chi connectivity index (χ2n) is 6.22. The zero-order chi connectivity index (χ0) is 23.0. The lowest BCUT2D eigenvalue weighted by Crippen LogP contribution is -2.14. The van der Waals surface area contributed by atoms with Gasteiger partial charge in [0.1, 0.15) is 17.3 Å². The second kappa shape index (κ2) is 10.5. The summed E-state index contributed by atoms with van der Waals surface area (Å²) in [6, 6.07) is 15.3. The molecule has 9 heteroatoms. The van der Waals surface area contributed by atoms with E-state index < -0.39 is 17.6 Å². The van der Waals surface area contributed by atoms with Gasteiger partial charge < -0.3 is 32.0 Å². The average molecular weight is 426 g/mol. The van der Waals surface area contributed by atoms with Gasteiger partial charge in [0.2, 0.25) is 0 Å². The number of nitrogen functional groups attached to an aromatic ring is 2. The maximum atomic E-state index is 13.5. The Labute approximate surface area is 178 Å². The van der Waals surface area contributed by atoms with Crippen LogP contribution >= 0.6 is 0 Å². The standard InChI is InChI=1S/C14H13FN2O2.C8H10N2O2/c1-19-13-8-9(16)6-7-12(13)17-14(18)10-4-2-3-5-11(10)15;1-12-7-4-5(9)2-3-6(7)8(10)11/h2-8H,16H2,1H3,(H,17,18);2-4H,9H2,1H3,(H2,10,11). The molecule has 7 N–H and O–H groups in total. The van der Waals surface area contributed by atoms with Crippen LogP contribution < -0.4 is 32.0 Å². The van der Waals surface area contributed by atoms with Gasteiger partial charge in [0.05, 0.1) is 31.0 Å². The number of benzene rings is 3. The number of anilines is 3. The lowest BCUT2D eigenvalue weighted by molar-refractivity contribution is 0.0994. The van der Waals surface area contributed by atoms with Gasteiger partial charge in [-0.05, 0) is 36.4 Å². The molecule has 0 heterocycles. The largest absolute Gasteiger partial charge is 0.496 e. The van der Waals surface area contributed by atoms with E-state index in [-0.39, 0.29) is 5.56 Å². The van der Waals surface area contributed by atoms with Gasteiger partial charge >= 0.3 is 0 Å². The summed E-state index contributed by atoms with van der Waals surface area (Å²) in [5.41, 5.74) is 18.0. The summed E-state index contributed by atoms with van der Waals surface area (Å²) in [7, 11) is 2.93. The molecular weight excluding hydrogens is 403 g/mol. The van der Waals surface area contributed by atoms with E-state index in [2.05, 4.69) is 5.32 Å². The Morgan fingerprint density at radius 3 is 2.00 bits per heavy atom. The van der Waals surface area contributed by atoms with Crippen LogP contribution in [0, 0.1) is 5.82 Å². The molecule has 0 aromatic heterocycles. The van der Waals surface area contributed by atoms with Gasteiger partial charge in [-0.25, -0.2) is 4.39 Å². The molecule has 3 aromatic rings. The molecule has 0 atom stereocenters. The van der Waals surface area contributed by atoms with Crippen LogP contribution in [0.1, 0.15) is 20.7 Å². The Hall–Kier alpha value is -4.27. The number of carbonyl (C=O) groups excluding carboxylic acids is 2. The van der Waals surface area contributed by atoms with Crippen molar-refractivity contribution in [1.29, 1.82) is 0 Å². The van der Waals surface area contributed by atoms with Crippen LogP contribution in [0.25, 0.3) is 0 Å². The molecule has 0 aliphatic heterocycles. The number of hydrogen-bond donors (Lipinski definition) is 4. The number of carbonyl (C=O) groups is 2. The van der Waals surface area contributed by atoms with Gasteiger partial charge in [0.15, 0.2) is 0 Å². The molecule has 0 saturated heterocycles. The number of nitrogens with two attached hydrogens (primary N) is 3. The highest BCUT2D eigenvalue weighted by molar-refractivity contribution is 6.05. The van der Waals surface area contributed by atoms with Crippen molar-refractivity contribution >= 4 is 28.9 Å². The van der Waals surface area contributed by atoms with E-state index in [1.807, 2.05) is 0 Å². The minimum absolute atomic E-state index is 0.0265. The van der Waals surface area contributed by atoms with Crippen molar-refractivity contribution in [2.75, 3.05) is 31.0 Å². The first-order valence-corrected chi connectivity index (χ1v) is 8.99. The summed E-state index contributed by atoms with van der Waals surface area (Å²) in [6.45, 7) is 0. The first kappa shape index (κ1) is 23.0. The predicted molar refractivity (Wildman–Crippen MR) is 118 cm³/mol. The van der Waals surface area contributed by atoms with E-state index in [0.717, 1.165) is 0 Å². The van der Waals surface area contributed by atoms with Crippen molar-refractivity contribution in [3.05, 3.63) is 77.6 Å². The van der Waals surface area contributed by atoms with Gasteiger partial charge in [-0.15, -0.1) is 0 Å². The molecule has 0 aliphatic carbocycles. The van der Waals surface area contributed by atoms with Crippen molar-refractivity contribution in [2.24, 2.45) is 5.73 Å². The Morgan fingerprint density at radius 2 is 1.42 bits per heavy atom. The third-order valence-electron chi connectivity index (χ3n) is 4.08. The molecule has 0 saturated carbocycles. The molecule has 3 aromatic carbocycles. The van der Waals surface area contributed by atoms with Gasteiger partial charge in [0.25, 0.3) is 11.8 Å². The highest BCUT2D eigenvalue weighted by Gasteiger charge is 2.13. The molecule has 31 heavy (non-hydrogen) atoms. The number of methoxy groups -OCH3 is 2. The summed E-state index contributed by atoms with van der Waals surface area (Å²) in [6.07, 6.45) is 0. The van der Waals surface area contributed by atoms with Crippen LogP contribution in [-0.2, 0) is 0 Å². The average Bonchev–Trinajstić information content (AvgIpc) is 2.75.